The number of hydrogen-bond donors (Lipinski definition) is 1. The predicted octanol–water partition coefficient (Wildman–Crippen LogP) is 3.33. The van der Waals surface area contributed by atoms with Crippen molar-refractivity contribution < 1.29 is 4.39 Å². The van der Waals surface area contributed by atoms with Crippen LogP contribution in [-0.2, 0) is 0 Å². The van der Waals surface area contributed by atoms with Crippen molar-refractivity contribution in [1.29, 1.82) is 0 Å². The standard InChI is InChI=1S/C15H18FN3/c1-15(2,3)13(17)14-18-8-10(9-19-14)11-6-4-5-7-12(11)16/h4-9,13H,17H2,1-3H3. The number of rotatable bonds is 2. The van der Waals surface area contributed by atoms with Gasteiger partial charge in [-0.05, 0) is 11.5 Å². The summed E-state index contributed by atoms with van der Waals surface area (Å²) in [5.41, 5.74) is 7.13. The van der Waals surface area contributed by atoms with Crippen LogP contribution in [0.15, 0.2) is 36.7 Å². The molecule has 0 amide bonds. The molecular formula is C15H18FN3. The number of hydrogen-bond acceptors (Lipinski definition) is 3. The molecule has 1 aromatic carbocycles. The lowest BCUT2D eigenvalue weighted by Crippen LogP contribution is -2.28. The molecule has 2 rings (SSSR count). The Morgan fingerprint density at radius 1 is 1.11 bits per heavy atom. The van der Waals surface area contributed by atoms with Gasteiger partial charge in [0.25, 0.3) is 0 Å². The molecule has 0 saturated heterocycles. The largest absolute Gasteiger partial charge is 0.321 e. The molecule has 0 aliphatic heterocycles. The van der Waals surface area contributed by atoms with E-state index in [-0.39, 0.29) is 17.3 Å². The summed E-state index contributed by atoms with van der Waals surface area (Å²) < 4.78 is 13.6. The van der Waals surface area contributed by atoms with Gasteiger partial charge in [-0.15, -0.1) is 0 Å². The minimum atomic E-state index is -0.279. The average Bonchev–Trinajstić information content (AvgIpc) is 2.38. The fourth-order valence-corrected chi connectivity index (χ4v) is 1.72. The Hall–Kier alpha value is -1.81. The summed E-state index contributed by atoms with van der Waals surface area (Å²) in [4.78, 5) is 8.52. The maximum absolute atomic E-state index is 13.6. The number of benzene rings is 1. The molecule has 0 aliphatic rings. The van der Waals surface area contributed by atoms with Gasteiger partial charge in [0.1, 0.15) is 11.6 Å². The predicted molar refractivity (Wildman–Crippen MR) is 73.8 cm³/mol. The smallest absolute Gasteiger partial charge is 0.145 e. The van der Waals surface area contributed by atoms with Crippen LogP contribution in [-0.4, -0.2) is 9.97 Å². The van der Waals surface area contributed by atoms with E-state index in [1.54, 1.807) is 30.6 Å². The van der Waals surface area contributed by atoms with E-state index in [2.05, 4.69) is 9.97 Å². The van der Waals surface area contributed by atoms with Crippen LogP contribution in [0.1, 0.15) is 32.6 Å². The first-order valence-electron chi connectivity index (χ1n) is 6.22. The molecule has 2 aromatic rings. The first-order chi connectivity index (χ1) is 8.89. The molecule has 1 heterocycles. The highest BCUT2D eigenvalue weighted by atomic mass is 19.1. The van der Waals surface area contributed by atoms with Gasteiger partial charge in [-0.2, -0.15) is 0 Å². The van der Waals surface area contributed by atoms with Crippen molar-refractivity contribution in [3.05, 3.63) is 48.3 Å². The second kappa shape index (κ2) is 5.05. The van der Waals surface area contributed by atoms with Gasteiger partial charge in [0.15, 0.2) is 0 Å². The Kier molecular flexibility index (Phi) is 3.62. The summed E-state index contributed by atoms with van der Waals surface area (Å²) in [6.07, 6.45) is 3.23. The highest BCUT2D eigenvalue weighted by molar-refractivity contribution is 5.61. The summed E-state index contributed by atoms with van der Waals surface area (Å²) in [5, 5.41) is 0. The molecule has 0 bridgehead atoms. The van der Waals surface area contributed by atoms with Gasteiger partial charge in [0, 0.05) is 23.5 Å². The third-order valence-corrected chi connectivity index (χ3v) is 3.07. The van der Waals surface area contributed by atoms with Gasteiger partial charge in [-0.1, -0.05) is 39.0 Å². The zero-order valence-electron chi connectivity index (χ0n) is 11.4. The van der Waals surface area contributed by atoms with Crippen molar-refractivity contribution >= 4 is 0 Å². The zero-order valence-corrected chi connectivity index (χ0v) is 11.4. The lowest BCUT2D eigenvalue weighted by atomic mass is 9.87. The molecule has 0 aliphatic carbocycles. The van der Waals surface area contributed by atoms with E-state index in [0.717, 1.165) is 0 Å². The van der Waals surface area contributed by atoms with Crippen molar-refractivity contribution in [2.75, 3.05) is 0 Å². The van der Waals surface area contributed by atoms with Crippen LogP contribution in [0.25, 0.3) is 11.1 Å². The Labute approximate surface area is 112 Å². The molecule has 0 saturated carbocycles. The molecule has 19 heavy (non-hydrogen) atoms. The third-order valence-electron chi connectivity index (χ3n) is 3.07. The van der Waals surface area contributed by atoms with E-state index in [4.69, 9.17) is 5.73 Å². The molecule has 0 fully saturated rings. The van der Waals surface area contributed by atoms with Crippen LogP contribution in [0.5, 0.6) is 0 Å². The maximum Gasteiger partial charge on any atom is 0.145 e. The SMILES string of the molecule is CC(C)(C)C(N)c1ncc(-c2ccccc2F)cn1. The summed E-state index contributed by atoms with van der Waals surface area (Å²) in [5.74, 6) is 0.298. The molecular weight excluding hydrogens is 241 g/mol. The highest BCUT2D eigenvalue weighted by Crippen LogP contribution is 2.29. The molecule has 1 aromatic heterocycles. The first-order valence-corrected chi connectivity index (χ1v) is 6.22. The number of aromatic nitrogens is 2. The summed E-state index contributed by atoms with van der Waals surface area (Å²) in [6, 6.07) is 6.32. The number of halogens is 1. The van der Waals surface area contributed by atoms with E-state index in [9.17, 15) is 4.39 Å². The Balaban J connectivity index is 2.32. The zero-order chi connectivity index (χ0) is 14.0. The van der Waals surface area contributed by atoms with Crippen molar-refractivity contribution in [2.24, 2.45) is 11.1 Å². The summed E-state index contributed by atoms with van der Waals surface area (Å²) in [6.45, 7) is 6.10. The fraction of sp³-hybridized carbons (Fsp3) is 0.333. The van der Waals surface area contributed by atoms with Crippen LogP contribution in [0.3, 0.4) is 0 Å². The van der Waals surface area contributed by atoms with Gasteiger partial charge in [-0.3, -0.25) is 0 Å². The van der Waals surface area contributed by atoms with Crippen LogP contribution in [0.4, 0.5) is 4.39 Å². The molecule has 3 nitrogen and oxygen atoms in total. The average molecular weight is 259 g/mol. The minimum absolute atomic E-state index is 0.112. The molecule has 1 unspecified atom stereocenters. The van der Waals surface area contributed by atoms with Crippen LogP contribution in [0.2, 0.25) is 0 Å². The summed E-state index contributed by atoms with van der Waals surface area (Å²) in [7, 11) is 0. The van der Waals surface area contributed by atoms with Gasteiger partial charge in [0.2, 0.25) is 0 Å². The van der Waals surface area contributed by atoms with Crippen LogP contribution < -0.4 is 5.73 Å². The van der Waals surface area contributed by atoms with E-state index in [0.29, 0.717) is 17.0 Å². The quantitative estimate of drug-likeness (QED) is 0.900. The van der Waals surface area contributed by atoms with Crippen LogP contribution in [0, 0.1) is 11.2 Å². The van der Waals surface area contributed by atoms with Crippen molar-refractivity contribution in [3.63, 3.8) is 0 Å². The molecule has 1 atom stereocenters. The van der Waals surface area contributed by atoms with Crippen molar-refractivity contribution in [2.45, 2.75) is 26.8 Å². The minimum Gasteiger partial charge on any atom is -0.321 e. The lowest BCUT2D eigenvalue weighted by Gasteiger charge is -2.25. The van der Waals surface area contributed by atoms with Gasteiger partial charge in [0.05, 0.1) is 6.04 Å². The van der Waals surface area contributed by atoms with Crippen molar-refractivity contribution in [1.82, 2.24) is 9.97 Å². The molecule has 0 radical (unpaired) electrons. The molecule has 0 spiro atoms. The molecule has 4 heteroatoms. The van der Waals surface area contributed by atoms with E-state index in [1.807, 2.05) is 20.8 Å². The van der Waals surface area contributed by atoms with Gasteiger partial charge >= 0.3 is 0 Å². The van der Waals surface area contributed by atoms with Crippen molar-refractivity contribution in [3.8, 4) is 11.1 Å². The topological polar surface area (TPSA) is 51.8 Å². The fourth-order valence-electron chi connectivity index (χ4n) is 1.72. The second-order valence-corrected chi connectivity index (χ2v) is 5.65. The Morgan fingerprint density at radius 2 is 1.68 bits per heavy atom. The normalized spacial score (nSPS) is 13.3. The van der Waals surface area contributed by atoms with E-state index in [1.165, 1.54) is 6.07 Å². The van der Waals surface area contributed by atoms with E-state index < -0.39 is 0 Å². The van der Waals surface area contributed by atoms with E-state index >= 15 is 0 Å². The first kappa shape index (κ1) is 13.6. The monoisotopic (exact) mass is 259 g/mol. The van der Waals surface area contributed by atoms with Crippen LogP contribution >= 0.6 is 0 Å². The van der Waals surface area contributed by atoms with Gasteiger partial charge < -0.3 is 5.73 Å². The Bertz CT molecular complexity index is 558. The highest BCUT2D eigenvalue weighted by Gasteiger charge is 2.24. The van der Waals surface area contributed by atoms with Gasteiger partial charge in [-0.25, -0.2) is 14.4 Å². The number of nitrogens with two attached hydrogens (primary N) is 1. The molecule has 100 valence electrons. The second-order valence-electron chi connectivity index (χ2n) is 5.65. The number of nitrogens with zero attached hydrogens (tertiary/aromatic N) is 2. The Morgan fingerprint density at radius 3 is 2.21 bits per heavy atom. The summed E-state index contributed by atoms with van der Waals surface area (Å²) >= 11 is 0. The maximum atomic E-state index is 13.6. The molecule has 2 N–H and O–H groups in total. The third kappa shape index (κ3) is 2.96. The lowest BCUT2D eigenvalue weighted by molar-refractivity contribution is 0.315.